The highest BCUT2D eigenvalue weighted by molar-refractivity contribution is 5.76. The number of para-hydroxylation sites is 1. The van der Waals surface area contributed by atoms with Gasteiger partial charge < -0.3 is 15.0 Å². The van der Waals surface area contributed by atoms with Gasteiger partial charge in [0.2, 0.25) is 5.91 Å². The Kier molecular flexibility index (Phi) is 7.02. The Balaban J connectivity index is 1.46. The van der Waals surface area contributed by atoms with Crippen LogP contribution in [0.25, 0.3) is 0 Å². The molecule has 5 nitrogen and oxygen atoms in total. The van der Waals surface area contributed by atoms with Crippen LogP contribution in [0.15, 0.2) is 48.7 Å². The molecule has 3 rings (SSSR count). The maximum atomic E-state index is 12.0. The number of ether oxygens (including phenoxy) is 1. The molecule has 0 saturated carbocycles. The fourth-order valence-corrected chi connectivity index (χ4v) is 3.14. The highest BCUT2D eigenvalue weighted by atomic mass is 16.5. The van der Waals surface area contributed by atoms with Gasteiger partial charge >= 0.3 is 0 Å². The van der Waals surface area contributed by atoms with Gasteiger partial charge in [-0.15, -0.1) is 0 Å². The van der Waals surface area contributed by atoms with E-state index in [-0.39, 0.29) is 0 Å². The lowest BCUT2D eigenvalue weighted by Crippen LogP contribution is -2.36. The number of carbonyl (C=O) groups excluding carboxylic acids is 1. The van der Waals surface area contributed by atoms with Gasteiger partial charge in [-0.2, -0.15) is 0 Å². The van der Waals surface area contributed by atoms with Crippen molar-refractivity contribution in [3.63, 3.8) is 0 Å². The van der Waals surface area contributed by atoms with Crippen molar-refractivity contribution in [2.45, 2.75) is 38.8 Å². The number of rotatable bonds is 8. The number of pyridine rings is 1. The SMILES string of the molecule is O=C1CCCCCN1CCNCc1ccccc1OCc1ccccn1. The number of nitrogens with one attached hydrogen (secondary N) is 1. The minimum Gasteiger partial charge on any atom is -0.487 e. The lowest BCUT2D eigenvalue weighted by molar-refractivity contribution is -0.130. The van der Waals surface area contributed by atoms with Crippen LogP contribution in [0.1, 0.15) is 36.9 Å². The molecule has 0 bridgehead atoms. The second-order valence-corrected chi connectivity index (χ2v) is 6.59. The number of aromatic nitrogens is 1. The second-order valence-electron chi connectivity index (χ2n) is 6.59. The molecule has 0 spiro atoms. The Labute approximate surface area is 155 Å². The third-order valence-electron chi connectivity index (χ3n) is 4.62. The number of hydrogen-bond acceptors (Lipinski definition) is 4. The van der Waals surface area contributed by atoms with Crippen molar-refractivity contribution in [1.29, 1.82) is 0 Å². The van der Waals surface area contributed by atoms with Crippen LogP contribution in [-0.4, -0.2) is 35.4 Å². The van der Waals surface area contributed by atoms with E-state index in [4.69, 9.17) is 4.74 Å². The first-order valence-electron chi connectivity index (χ1n) is 9.42. The molecule has 1 aromatic heterocycles. The van der Waals surface area contributed by atoms with Crippen molar-refractivity contribution < 1.29 is 9.53 Å². The van der Waals surface area contributed by atoms with E-state index in [9.17, 15) is 4.79 Å². The zero-order valence-corrected chi connectivity index (χ0v) is 15.2. The summed E-state index contributed by atoms with van der Waals surface area (Å²) in [5.41, 5.74) is 2.03. The van der Waals surface area contributed by atoms with Crippen molar-refractivity contribution in [3.05, 3.63) is 59.9 Å². The lowest BCUT2D eigenvalue weighted by Gasteiger charge is -2.20. The Morgan fingerprint density at radius 1 is 1.08 bits per heavy atom. The Hall–Kier alpha value is -2.40. The summed E-state index contributed by atoms with van der Waals surface area (Å²) >= 11 is 0. The molecule has 0 unspecified atom stereocenters. The molecule has 0 aliphatic carbocycles. The van der Waals surface area contributed by atoms with Crippen LogP contribution in [0.2, 0.25) is 0 Å². The van der Waals surface area contributed by atoms with E-state index in [0.29, 0.717) is 18.9 Å². The number of amides is 1. The molecule has 1 N–H and O–H groups in total. The Bertz CT molecular complexity index is 691. The number of nitrogens with zero attached hydrogens (tertiary/aromatic N) is 2. The summed E-state index contributed by atoms with van der Waals surface area (Å²) in [6, 6.07) is 13.9. The lowest BCUT2D eigenvalue weighted by atomic mass is 10.2. The number of benzene rings is 1. The molecule has 5 heteroatoms. The van der Waals surface area contributed by atoms with E-state index in [0.717, 1.165) is 62.4 Å². The molecule has 1 aliphatic rings. The Morgan fingerprint density at radius 3 is 2.85 bits per heavy atom. The molecule has 1 fully saturated rings. The minimum absolute atomic E-state index is 0.295. The highest BCUT2D eigenvalue weighted by Gasteiger charge is 2.15. The summed E-state index contributed by atoms with van der Waals surface area (Å²) in [5, 5.41) is 3.44. The highest BCUT2D eigenvalue weighted by Crippen LogP contribution is 2.19. The summed E-state index contributed by atoms with van der Waals surface area (Å²) < 4.78 is 5.94. The molecular weight excluding hydrogens is 326 g/mol. The van der Waals surface area contributed by atoms with Gasteiger partial charge in [0, 0.05) is 44.4 Å². The predicted octanol–water partition coefficient (Wildman–Crippen LogP) is 3.15. The van der Waals surface area contributed by atoms with E-state index in [1.54, 1.807) is 6.20 Å². The van der Waals surface area contributed by atoms with Crippen LogP contribution in [0.4, 0.5) is 0 Å². The standard InChI is InChI=1S/C21H27N3O2/c25-21-11-2-1-7-14-24(21)15-13-22-16-18-8-3-4-10-20(18)26-17-19-9-5-6-12-23-19/h3-6,8-10,12,22H,1-2,7,11,13-17H2. The molecule has 138 valence electrons. The molecule has 0 radical (unpaired) electrons. The zero-order valence-electron chi connectivity index (χ0n) is 15.2. The van der Waals surface area contributed by atoms with Gasteiger partial charge in [0.15, 0.2) is 0 Å². The first-order chi connectivity index (χ1) is 12.8. The van der Waals surface area contributed by atoms with Gasteiger partial charge in [0.1, 0.15) is 12.4 Å². The first kappa shape index (κ1) is 18.4. The van der Waals surface area contributed by atoms with E-state index in [1.165, 1.54) is 0 Å². The van der Waals surface area contributed by atoms with E-state index in [2.05, 4.69) is 16.4 Å². The molecule has 0 atom stereocenters. The second kappa shape index (κ2) is 9.92. The van der Waals surface area contributed by atoms with Crippen LogP contribution in [0, 0.1) is 0 Å². The smallest absolute Gasteiger partial charge is 0.222 e. The van der Waals surface area contributed by atoms with Crippen molar-refractivity contribution in [1.82, 2.24) is 15.2 Å². The van der Waals surface area contributed by atoms with Gasteiger partial charge in [-0.3, -0.25) is 9.78 Å². The van der Waals surface area contributed by atoms with Crippen molar-refractivity contribution in [3.8, 4) is 5.75 Å². The summed E-state index contributed by atoms with van der Waals surface area (Å²) in [5.74, 6) is 1.17. The summed E-state index contributed by atoms with van der Waals surface area (Å²) in [6.07, 6.45) is 5.79. The molecule has 1 aliphatic heterocycles. The number of likely N-dealkylation sites (tertiary alicyclic amines) is 1. The van der Waals surface area contributed by atoms with E-state index < -0.39 is 0 Å². The van der Waals surface area contributed by atoms with E-state index in [1.807, 2.05) is 41.3 Å². The average molecular weight is 353 g/mol. The van der Waals surface area contributed by atoms with Crippen LogP contribution in [-0.2, 0) is 17.9 Å². The van der Waals surface area contributed by atoms with Crippen LogP contribution in [0.5, 0.6) is 5.75 Å². The molecule has 26 heavy (non-hydrogen) atoms. The third kappa shape index (κ3) is 5.56. The number of hydrogen-bond donors (Lipinski definition) is 1. The predicted molar refractivity (Wildman–Crippen MR) is 102 cm³/mol. The van der Waals surface area contributed by atoms with Gasteiger partial charge in [0.25, 0.3) is 0 Å². The maximum absolute atomic E-state index is 12.0. The van der Waals surface area contributed by atoms with Crippen molar-refractivity contribution in [2.75, 3.05) is 19.6 Å². The largest absolute Gasteiger partial charge is 0.487 e. The topological polar surface area (TPSA) is 54.5 Å². The maximum Gasteiger partial charge on any atom is 0.222 e. The van der Waals surface area contributed by atoms with Crippen LogP contribution < -0.4 is 10.1 Å². The van der Waals surface area contributed by atoms with Gasteiger partial charge in [0.05, 0.1) is 5.69 Å². The van der Waals surface area contributed by atoms with Crippen molar-refractivity contribution >= 4 is 5.91 Å². The normalized spacial score (nSPS) is 14.9. The average Bonchev–Trinajstić information content (AvgIpc) is 2.89. The van der Waals surface area contributed by atoms with E-state index >= 15 is 0 Å². The number of carbonyl (C=O) groups is 1. The monoisotopic (exact) mass is 353 g/mol. The molecular formula is C21H27N3O2. The molecule has 2 aromatic rings. The summed E-state index contributed by atoms with van der Waals surface area (Å²) in [6.45, 7) is 3.64. The van der Waals surface area contributed by atoms with Crippen molar-refractivity contribution in [2.24, 2.45) is 0 Å². The summed E-state index contributed by atoms with van der Waals surface area (Å²) in [7, 11) is 0. The fourth-order valence-electron chi connectivity index (χ4n) is 3.14. The molecule has 1 amide bonds. The van der Waals surface area contributed by atoms with Crippen LogP contribution >= 0.6 is 0 Å². The van der Waals surface area contributed by atoms with Gasteiger partial charge in [-0.05, 0) is 31.0 Å². The molecule has 1 saturated heterocycles. The summed E-state index contributed by atoms with van der Waals surface area (Å²) in [4.78, 5) is 18.3. The quantitative estimate of drug-likeness (QED) is 0.741. The molecule has 1 aromatic carbocycles. The van der Waals surface area contributed by atoms with Gasteiger partial charge in [-0.25, -0.2) is 0 Å². The third-order valence-corrected chi connectivity index (χ3v) is 4.62. The molecule has 2 heterocycles. The Morgan fingerprint density at radius 2 is 1.96 bits per heavy atom. The fraction of sp³-hybridized carbons (Fsp3) is 0.429. The van der Waals surface area contributed by atoms with Gasteiger partial charge in [-0.1, -0.05) is 30.7 Å². The zero-order chi connectivity index (χ0) is 18.0. The van der Waals surface area contributed by atoms with Crippen LogP contribution in [0.3, 0.4) is 0 Å². The first-order valence-corrected chi connectivity index (χ1v) is 9.42. The minimum atomic E-state index is 0.295.